The molecule has 0 saturated heterocycles. The normalized spacial score (nSPS) is 23.5. The molecule has 2 N–H and O–H groups in total. The van der Waals surface area contributed by atoms with Crippen molar-refractivity contribution in [1.29, 1.82) is 0 Å². The number of aliphatic hydroxyl groups excluding tert-OH is 1. The standard InChI is InChI=1S/C33H40O5/c1-3-17-33(18-7-8-19-33)20-16-24-12-9-13-26(23-10-5-4-6-11-23)27-22-29(35)30(38-2)21-25(27)14-15-28(34)32(37)31(24)36/h4-6,10-11,21-22,24,26,32,35,37H,3,7-8,12,14-20H2,1-2H3/t24-,26+,32-/m1/s1. The van der Waals surface area contributed by atoms with Crippen molar-refractivity contribution >= 4 is 11.6 Å². The summed E-state index contributed by atoms with van der Waals surface area (Å²) in [7, 11) is 1.48. The van der Waals surface area contributed by atoms with Crippen molar-refractivity contribution in [3.63, 3.8) is 0 Å². The lowest BCUT2D eigenvalue weighted by Gasteiger charge is -2.30. The Morgan fingerprint density at radius 2 is 1.79 bits per heavy atom. The van der Waals surface area contributed by atoms with Crippen molar-refractivity contribution in [2.75, 3.05) is 7.11 Å². The summed E-state index contributed by atoms with van der Waals surface area (Å²) in [6.07, 6.45) is 7.69. The lowest BCUT2D eigenvalue weighted by Crippen LogP contribution is -2.36. The predicted octanol–water partition coefficient (Wildman–Crippen LogP) is 6.13. The number of aliphatic hydroxyl groups is 1. The molecule has 0 bridgehead atoms. The summed E-state index contributed by atoms with van der Waals surface area (Å²) in [5.74, 6) is 5.32. The van der Waals surface area contributed by atoms with E-state index in [0.29, 0.717) is 25.0 Å². The zero-order valence-corrected chi connectivity index (χ0v) is 22.7. The molecule has 5 nitrogen and oxygen atoms in total. The second-order valence-electron chi connectivity index (χ2n) is 11.1. The highest BCUT2D eigenvalue weighted by atomic mass is 16.5. The number of hydrogen-bond acceptors (Lipinski definition) is 5. The van der Waals surface area contributed by atoms with Crippen LogP contribution in [0.2, 0.25) is 0 Å². The molecule has 1 fully saturated rings. The van der Waals surface area contributed by atoms with Crippen LogP contribution in [0.1, 0.15) is 93.7 Å². The van der Waals surface area contributed by atoms with E-state index in [1.165, 1.54) is 32.8 Å². The summed E-state index contributed by atoms with van der Waals surface area (Å²) in [6, 6.07) is 13.3. The number of aromatic hydroxyl groups is 1. The number of aryl methyl sites for hydroxylation is 1. The van der Waals surface area contributed by atoms with Crippen LogP contribution < -0.4 is 4.74 Å². The Balaban J connectivity index is 1.72. The van der Waals surface area contributed by atoms with Crippen LogP contribution in [-0.4, -0.2) is 35.0 Å². The number of carbonyl (C=O) groups is 2. The lowest BCUT2D eigenvalue weighted by atomic mass is 9.74. The molecule has 0 amide bonds. The monoisotopic (exact) mass is 516 g/mol. The maximum absolute atomic E-state index is 13.4. The molecule has 0 aliphatic heterocycles. The minimum atomic E-state index is -1.63. The first kappa shape index (κ1) is 27.9. The topological polar surface area (TPSA) is 83.8 Å². The van der Waals surface area contributed by atoms with Gasteiger partial charge in [-0.25, -0.2) is 0 Å². The smallest absolute Gasteiger partial charge is 0.172 e. The number of fused-ring (bicyclic) bond motifs is 1. The van der Waals surface area contributed by atoms with Crippen LogP contribution in [0.15, 0.2) is 42.5 Å². The van der Waals surface area contributed by atoms with Crippen molar-refractivity contribution in [2.45, 2.75) is 89.6 Å². The molecule has 0 heterocycles. The Morgan fingerprint density at radius 1 is 1.05 bits per heavy atom. The van der Waals surface area contributed by atoms with Crippen LogP contribution in [0.5, 0.6) is 11.5 Å². The van der Waals surface area contributed by atoms with Gasteiger partial charge in [0.15, 0.2) is 29.2 Å². The predicted molar refractivity (Wildman–Crippen MR) is 148 cm³/mol. The molecule has 38 heavy (non-hydrogen) atoms. The molecule has 2 aromatic rings. The fourth-order valence-electron chi connectivity index (χ4n) is 6.43. The number of ether oxygens (including phenoxy) is 1. The second-order valence-corrected chi connectivity index (χ2v) is 11.1. The van der Waals surface area contributed by atoms with Crippen LogP contribution in [0.4, 0.5) is 0 Å². The van der Waals surface area contributed by atoms with Crippen molar-refractivity contribution in [3.05, 3.63) is 59.2 Å². The van der Waals surface area contributed by atoms with Gasteiger partial charge in [0.2, 0.25) is 0 Å². The van der Waals surface area contributed by atoms with Crippen LogP contribution in [0.3, 0.4) is 0 Å². The SMILES string of the molecule is CCCC1(CC[C@H]2CC#C[C@@H](c3ccccc3)c3cc(O)c(OC)cc3CCC(=O)[C@@H](O)C2=O)CCCC1. The van der Waals surface area contributed by atoms with Gasteiger partial charge in [-0.15, -0.1) is 5.92 Å². The lowest BCUT2D eigenvalue weighted by molar-refractivity contribution is -0.141. The second kappa shape index (κ2) is 12.6. The average Bonchev–Trinajstić information content (AvgIpc) is 3.39. The summed E-state index contributed by atoms with van der Waals surface area (Å²) in [6.45, 7) is 2.21. The number of phenols is 1. The summed E-state index contributed by atoms with van der Waals surface area (Å²) in [5.41, 5.74) is 2.85. The molecule has 2 aliphatic carbocycles. The third-order valence-electron chi connectivity index (χ3n) is 8.56. The molecule has 2 aliphatic rings. The number of benzene rings is 2. The van der Waals surface area contributed by atoms with E-state index in [1.54, 1.807) is 12.1 Å². The van der Waals surface area contributed by atoms with Gasteiger partial charge in [0.25, 0.3) is 0 Å². The van der Waals surface area contributed by atoms with Crippen LogP contribution in [0, 0.1) is 23.2 Å². The Hall–Kier alpha value is -3.10. The third kappa shape index (κ3) is 6.30. The molecular formula is C33H40O5. The van der Waals surface area contributed by atoms with E-state index in [1.807, 2.05) is 30.3 Å². The van der Waals surface area contributed by atoms with Crippen molar-refractivity contribution in [1.82, 2.24) is 0 Å². The molecule has 0 radical (unpaired) electrons. The Kier molecular flexibility index (Phi) is 9.28. The van der Waals surface area contributed by atoms with Gasteiger partial charge in [-0.2, -0.15) is 0 Å². The Labute approximate surface area is 226 Å². The van der Waals surface area contributed by atoms with Gasteiger partial charge in [0.05, 0.1) is 13.0 Å². The van der Waals surface area contributed by atoms with E-state index >= 15 is 0 Å². The largest absolute Gasteiger partial charge is 0.504 e. The number of carbonyl (C=O) groups excluding carboxylic acids is 2. The van der Waals surface area contributed by atoms with E-state index in [-0.39, 0.29) is 23.5 Å². The van der Waals surface area contributed by atoms with Crippen LogP contribution in [-0.2, 0) is 16.0 Å². The molecule has 2 aromatic carbocycles. The quantitative estimate of drug-likeness (QED) is 0.342. The van der Waals surface area contributed by atoms with Crippen LogP contribution in [0.25, 0.3) is 0 Å². The summed E-state index contributed by atoms with van der Waals surface area (Å²) < 4.78 is 5.32. The summed E-state index contributed by atoms with van der Waals surface area (Å²) >= 11 is 0. The van der Waals surface area contributed by atoms with Gasteiger partial charge in [-0.1, -0.05) is 62.4 Å². The first-order chi connectivity index (χ1) is 18.4. The molecule has 1 saturated carbocycles. The zero-order chi connectivity index (χ0) is 27.1. The fraction of sp³-hybridized carbons (Fsp3) is 0.515. The molecular weight excluding hydrogens is 476 g/mol. The van der Waals surface area contributed by atoms with Gasteiger partial charge >= 0.3 is 0 Å². The minimum Gasteiger partial charge on any atom is -0.504 e. The third-order valence-corrected chi connectivity index (χ3v) is 8.56. The first-order valence-electron chi connectivity index (χ1n) is 14.0. The zero-order valence-electron chi connectivity index (χ0n) is 22.7. The van der Waals surface area contributed by atoms with E-state index < -0.39 is 23.6 Å². The van der Waals surface area contributed by atoms with Crippen molar-refractivity contribution in [3.8, 4) is 23.3 Å². The van der Waals surface area contributed by atoms with Crippen molar-refractivity contribution < 1.29 is 24.5 Å². The Morgan fingerprint density at radius 3 is 2.47 bits per heavy atom. The number of phenolic OH excluding ortho intramolecular Hbond substituents is 1. The van der Waals surface area contributed by atoms with E-state index in [2.05, 4.69) is 18.8 Å². The number of rotatable bonds is 7. The van der Waals surface area contributed by atoms with Gasteiger partial charge in [-0.05, 0) is 72.8 Å². The van der Waals surface area contributed by atoms with Gasteiger partial charge < -0.3 is 14.9 Å². The summed E-state index contributed by atoms with van der Waals surface area (Å²) in [4.78, 5) is 26.4. The van der Waals surface area contributed by atoms with E-state index in [9.17, 15) is 19.8 Å². The molecule has 0 unspecified atom stereocenters. The molecule has 0 spiro atoms. The van der Waals surface area contributed by atoms with E-state index in [4.69, 9.17) is 4.74 Å². The minimum absolute atomic E-state index is 0.0123. The summed E-state index contributed by atoms with van der Waals surface area (Å²) in [5, 5.41) is 21.4. The highest BCUT2D eigenvalue weighted by Crippen LogP contribution is 2.46. The van der Waals surface area contributed by atoms with Crippen LogP contribution >= 0.6 is 0 Å². The highest BCUT2D eigenvalue weighted by molar-refractivity contribution is 6.06. The fourth-order valence-corrected chi connectivity index (χ4v) is 6.43. The number of Topliss-reactive ketones (excluding diaryl/α,β-unsaturated/α-hetero) is 2. The van der Waals surface area contributed by atoms with Gasteiger partial charge in [-0.3, -0.25) is 9.59 Å². The van der Waals surface area contributed by atoms with Crippen molar-refractivity contribution in [2.24, 2.45) is 11.3 Å². The Bertz CT molecular complexity index is 1180. The average molecular weight is 517 g/mol. The maximum atomic E-state index is 13.4. The number of methoxy groups -OCH3 is 1. The molecule has 3 atom stereocenters. The molecule has 202 valence electrons. The molecule has 5 heteroatoms. The van der Waals surface area contributed by atoms with E-state index in [0.717, 1.165) is 36.0 Å². The first-order valence-corrected chi connectivity index (χ1v) is 14.0. The van der Waals surface area contributed by atoms with Gasteiger partial charge in [0, 0.05) is 18.8 Å². The molecule has 0 aromatic heterocycles. The highest BCUT2D eigenvalue weighted by Gasteiger charge is 2.36. The maximum Gasteiger partial charge on any atom is 0.172 e. The number of hydrogen-bond donors (Lipinski definition) is 2. The number of ketones is 2. The van der Waals surface area contributed by atoms with Gasteiger partial charge in [0.1, 0.15) is 0 Å². The molecule has 4 rings (SSSR count).